The van der Waals surface area contributed by atoms with Crippen LogP contribution >= 0.6 is 0 Å². The van der Waals surface area contributed by atoms with E-state index in [0.717, 1.165) is 11.1 Å². The first kappa shape index (κ1) is 16.6. The first-order valence-electron chi connectivity index (χ1n) is 7.27. The summed E-state index contributed by atoms with van der Waals surface area (Å²) in [5, 5.41) is 5.34. The van der Waals surface area contributed by atoms with Gasteiger partial charge in [0.2, 0.25) is 5.91 Å². The third-order valence-electron chi connectivity index (χ3n) is 3.38. The van der Waals surface area contributed by atoms with Gasteiger partial charge in [0.1, 0.15) is 5.75 Å². The van der Waals surface area contributed by atoms with Gasteiger partial charge in [-0.05, 0) is 32.0 Å². The molecule has 0 radical (unpaired) electrons. The fourth-order valence-corrected chi connectivity index (χ4v) is 2.22. The maximum Gasteiger partial charge on any atom is 0.287 e. The van der Waals surface area contributed by atoms with Crippen LogP contribution in [0.25, 0.3) is 0 Å². The Morgan fingerprint density at radius 2 is 2.09 bits per heavy atom. The van der Waals surface area contributed by atoms with Gasteiger partial charge in [0, 0.05) is 5.56 Å². The van der Waals surface area contributed by atoms with E-state index in [0.29, 0.717) is 5.75 Å². The van der Waals surface area contributed by atoms with E-state index in [-0.39, 0.29) is 24.3 Å². The molecule has 0 aliphatic carbocycles. The van der Waals surface area contributed by atoms with Crippen molar-refractivity contribution in [2.45, 2.75) is 19.9 Å². The maximum absolute atomic E-state index is 12.0. The van der Waals surface area contributed by atoms with Crippen molar-refractivity contribution in [2.24, 2.45) is 0 Å². The largest absolute Gasteiger partial charge is 0.496 e. The molecule has 1 aromatic carbocycles. The number of furan rings is 1. The van der Waals surface area contributed by atoms with Gasteiger partial charge in [0.15, 0.2) is 5.76 Å². The monoisotopic (exact) mass is 316 g/mol. The second kappa shape index (κ2) is 7.49. The molecule has 0 saturated heterocycles. The van der Waals surface area contributed by atoms with Gasteiger partial charge >= 0.3 is 0 Å². The van der Waals surface area contributed by atoms with E-state index in [1.165, 1.54) is 12.3 Å². The van der Waals surface area contributed by atoms with Gasteiger partial charge in [0.25, 0.3) is 5.91 Å². The van der Waals surface area contributed by atoms with Crippen LogP contribution in [0.4, 0.5) is 0 Å². The molecule has 0 bridgehead atoms. The van der Waals surface area contributed by atoms with E-state index in [1.54, 1.807) is 13.2 Å². The van der Waals surface area contributed by atoms with Gasteiger partial charge in [-0.1, -0.05) is 17.7 Å². The number of hydrogen-bond acceptors (Lipinski definition) is 4. The molecule has 0 unspecified atom stereocenters. The van der Waals surface area contributed by atoms with Crippen molar-refractivity contribution in [3.8, 4) is 5.75 Å². The number of hydrogen-bond donors (Lipinski definition) is 2. The highest BCUT2D eigenvalue weighted by Crippen LogP contribution is 2.25. The SMILES string of the molecule is COc1ccc(C)cc1[C@H](C)NC(=O)CNC(=O)c1ccco1. The van der Waals surface area contributed by atoms with Crippen LogP contribution in [0, 0.1) is 6.92 Å². The lowest BCUT2D eigenvalue weighted by Crippen LogP contribution is -2.38. The summed E-state index contributed by atoms with van der Waals surface area (Å²) < 4.78 is 10.3. The number of methoxy groups -OCH3 is 1. The normalized spacial score (nSPS) is 11.6. The predicted octanol–water partition coefficient (Wildman–Crippen LogP) is 2.20. The average Bonchev–Trinajstić information content (AvgIpc) is 3.07. The molecule has 2 aromatic rings. The zero-order chi connectivity index (χ0) is 16.8. The van der Waals surface area contributed by atoms with E-state index < -0.39 is 5.91 Å². The summed E-state index contributed by atoms with van der Waals surface area (Å²) in [6, 6.07) is 8.68. The number of carbonyl (C=O) groups excluding carboxylic acids is 2. The first-order chi connectivity index (χ1) is 11.0. The Morgan fingerprint density at radius 1 is 1.30 bits per heavy atom. The molecule has 2 amide bonds. The topological polar surface area (TPSA) is 80.6 Å². The Balaban J connectivity index is 1.92. The number of carbonyl (C=O) groups is 2. The summed E-state index contributed by atoms with van der Waals surface area (Å²) in [7, 11) is 1.59. The van der Waals surface area contributed by atoms with Gasteiger partial charge in [0.05, 0.1) is 26.0 Å². The molecule has 0 aliphatic rings. The number of ether oxygens (including phenoxy) is 1. The lowest BCUT2D eigenvalue weighted by atomic mass is 10.0. The Kier molecular flexibility index (Phi) is 5.41. The quantitative estimate of drug-likeness (QED) is 0.856. The van der Waals surface area contributed by atoms with Gasteiger partial charge in [-0.2, -0.15) is 0 Å². The van der Waals surface area contributed by atoms with Crippen LogP contribution in [-0.4, -0.2) is 25.5 Å². The molecule has 2 rings (SSSR count). The second-order valence-corrected chi connectivity index (χ2v) is 5.19. The fourth-order valence-electron chi connectivity index (χ4n) is 2.22. The van der Waals surface area contributed by atoms with Crippen LogP contribution in [0.5, 0.6) is 5.75 Å². The summed E-state index contributed by atoms with van der Waals surface area (Å²) in [6.45, 7) is 3.71. The summed E-state index contributed by atoms with van der Waals surface area (Å²) in [5.74, 6) is 0.168. The number of nitrogens with one attached hydrogen (secondary N) is 2. The van der Waals surface area contributed by atoms with Crippen LogP contribution < -0.4 is 15.4 Å². The third kappa shape index (κ3) is 4.35. The van der Waals surface area contributed by atoms with Crippen LogP contribution in [0.15, 0.2) is 41.0 Å². The second-order valence-electron chi connectivity index (χ2n) is 5.19. The van der Waals surface area contributed by atoms with E-state index in [2.05, 4.69) is 10.6 Å². The zero-order valence-corrected chi connectivity index (χ0v) is 13.4. The van der Waals surface area contributed by atoms with Crippen molar-refractivity contribution in [3.63, 3.8) is 0 Å². The molecule has 6 heteroatoms. The smallest absolute Gasteiger partial charge is 0.287 e. The Bertz CT molecular complexity index is 680. The number of aryl methyl sites for hydroxylation is 1. The van der Waals surface area contributed by atoms with Gasteiger partial charge in [-0.3, -0.25) is 9.59 Å². The number of benzene rings is 1. The third-order valence-corrected chi connectivity index (χ3v) is 3.38. The standard InChI is InChI=1S/C17H20N2O4/c1-11-6-7-14(22-3)13(9-11)12(2)19-16(20)10-18-17(21)15-5-4-8-23-15/h4-9,12H,10H2,1-3H3,(H,18,21)(H,19,20)/t12-/m0/s1. The molecule has 0 spiro atoms. The van der Waals surface area contributed by atoms with E-state index in [9.17, 15) is 9.59 Å². The number of amides is 2. The summed E-state index contributed by atoms with van der Waals surface area (Å²) in [5.41, 5.74) is 1.96. The van der Waals surface area contributed by atoms with E-state index in [4.69, 9.17) is 9.15 Å². The molecule has 0 saturated carbocycles. The predicted molar refractivity (Wildman–Crippen MR) is 85.3 cm³/mol. The molecular formula is C17H20N2O4. The van der Waals surface area contributed by atoms with Crippen molar-refractivity contribution in [2.75, 3.05) is 13.7 Å². The average molecular weight is 316 g/mol. The minimum Gasteiger partial charge on any atom is -0.496 e. The van der Waals surface area contributed by atoms with E-state index >= 15 is 0 Å². The first-order valence-corrected chi connectivity index (χ1v) is 7.27. The molecule has 1 heterocycles. The molecule has 6 nitrogen and oxygen atoms in total. The van der Waals surface area contributed by atoms with Crippen LogP contribution in [0.2, 0.25) is 0 Å². The Morgan fingerprint density at radius 3 is 2.74 bits per heavy atom. The van der Waals surface area contributed by atoms with Gasteiger partial charge in [-0.25, -0.2) is 0 Å². The van der Waals surface area contributed by atoms with Crippen molar-refractivity contribution in [1.29, 1.82) is 0 Å². The molecule has 1 atom stereocenters. The lowest BCUT2D eigenvalue weighted by Gasteiger charge is -2.18. The van der Waals surface area contributed by atoms with Crippen LogP contribution in [0.3, 0.4) is 0 Å². The lowest BCUT2D eigenvalue weighted by molar-refractivity contribution is -0.120. The van der Waals surface area contributed by atoms with Gasteiger partial charge in [-0.15, -0.1) is 0 Å². The summed E-state index contributed by atoms with van der Waals surface area (Å²) >= 11 is 0. The molecule has 0 fully saturated rings. The minimum absolute atomic E-state index is 0.127. The van der Waals surface area contributed by atoms with Crippen LogP contribution in [0.1, 0.15) is 34.6 Å². The molecule has 1 aromatic heterocycles. The number of rotatable bonds is 6. The minimum atomic E-state index is -0.425. The Hall–Kier alpha value is -2.76. The fraction of sp³-hybridized carbons (Fsp3) is 0.294. The molecule has 0 aliphatic heterocycles. The highest BCUT2D eigenvalue weighted by molar-refractivity contribution is 5.94. The molecule has 23 heavy (non-hydrogen) atoms. The van der Waals surface area contributed by atoms with Crippen molar-refractivity contribution >= 4 is 11.8 Å². The van der Waals surface area contributed by atoms with Gasteiger partial charge < -0.3 is 19.8 Å². The highest BCUT2D eigenvalue weighted by Gasteiger charge is 2.15. The molecular weight excluding hydrogens is 296 g/mol. The molecule has 122 valence electrons. The van der Waals surface area contributed by atoms with Crippen molar-refractivity contribution in [1.82, 2.24) is 10.6 Å². The van der Waals surface area contributed by atoms with E-state index in [1.807, 2.05) is 32.0 Å². The van der Waals surface area contributed by atoms with Crippen molar-refractivity contribution < 1.29 is 18.7 Å². The summed E-state index contributed by atoms with van der Waals surface area (Å²) in [4.78, 5) is 23.7. The highest BCUT2D eigenvalue weighted by atomic mass is 16.5. The zero-order valence-electron chi connectivity index (χ0n) is 13.4. The summed E-state index contributed by atoms with van der Waals surface area (Å²) in [6.07, 6.45) is 1.40. The maximum atomic E-state index is 12.0. The van der Waals surface area contributed by atoms with Crippen molar-refractivity contribution in [3.05, 3.63) is 53.5 Å². The van der Waals surface area contributed by atoms with Crippen LogP contribution in [-0.2, 0) is 4.79 Å². The Labute approximate surface area is 134 Å². The molecule has 2 N–H and O–H groups in total.